The van der Waals surface area contributed by atoms with E-state index in [-0.39, 0.29) is 12.1 Å². The molecular weight excluding hydrogens is 286 g/mol. The van der Waals surface area contributed by atoms with Crippen LogP contribution in [0.1, 0.15) is 58.8 Å². The Bertz CT molecular complexity index is 413. The first-order chi connectivity index (χ1) is 10.1. The van der Waals surface area contributed by atoms with Crippen molar-refractivity contribution in [2.75, 3.05) is 26.2 Å². The van der Waals surface area contributed by atoms with Crippen LogP contribution >= 0.6 is 0 Å². The molecule has 2 heterocycles. The van der Waals surface area contributed by atoms with E-state index in [9.17, 15) is 8.42 Å². The summed E-state index contributed by atoms with van der Waals surface area (Å²) in [6.45, 7) is 7.23. The Hall–Kier alpha value is -0.170. The van der Waals surface area contributed by atoms with Gasteiger partial charge >= 0.3 is 0 Å². The molecule has 2 rings (SSSR count). The average molecular weight is 317 g/mol. The van der Waals surface area contributed by atoms with Gasteiger partial charge in [0.25, 0.3) is 10.2 Å². The lowest BCUT2D eigenvalue weighted by Gasteiger charge is -2.42. The van der Waals surface area contributed by atoms with Crippen molar-refractivity contribution < 1.29 is 8.42 Å². The van der Waals surface area contributed by atoms with Gasteiger partial charge in [0.05, 0.1) is 0 Å². The summed E-state index contributed by atoms with van der Waals surface area (Å²) in [4.78, 5) is 0. The van der Waals surface area contributed by atoms with Gasteiger partial charge in [0.1, 0.15) is 0 Å². The number of piperidine rings is 2. The maximum absolute atomic E-state index is 13.1. The third-order valence-corrected chi connectivity index (χ3v) is 6.99. The van der Waals surface area contributed by atoms with E-state index in [1.54, 1.807) is 8.61 Å². The van der Waals surface area contributed by atoms with E-state index in [1.165, 1.54) is 0 Å². The molecule has 0 aliphatic carbocycles. The monoisotopic (exact) mass is 317 g/mol. The number of likely N-dealkylation sites (N-methyl/N-ethyl adjacent to an activating group) is 1. The SMILES string of the molecule is CCNCC1CCCCN1S(=O)(=O)N1CCCCC1CC. The smallest absolute Gasteiger partial charge is 0.282 e. The fourth-order valence-corrected chi connectivity index (χ4v) is 5.79. The molecule has 2 atom stereocenters. The van der Waals surface area contributed by atoms with Gasteiger partial charge in [0.15, 0.2) is 0 Å². The third-order valence-electron chi connectivity index (χ3n) is 4.84. The molecule has 5 nitrogen and oxygen atoms in total. The Morgan fingerprint density at radius 2 is 1.52 bits per heavy atom. The topological polar surface area (TPSA) is 52.7 Å². The number of nitrogens with one attached hydrogen (secondary N) is 1. The highest BCUT2D eigenvalue weighted by Gasteiger charge is 2.39. The van der Waals surface area contributed by atoms with Crippen molar-refractivity contribution in [3.05, 3.63) is 0 Å². The van der Waals surface area contributed by atoms with E-state index in [0.29, 0.717) is 13.1 Å². The summed E-state index contributed by atoms with van der Waals surface area (Å²) < 4.78 is 29.8. The summed E-state index contributed by atoms with van der Waals surface area (Å²) in [5, 5.41) is 3.32. The largest absolute Gasteiger partial charge is 0.315 e. The van der Waals surface area contributed by atoms with Crippen LogP contribution in [0.3, 0.4) is 0 Å². The molecule has 0 aromatic heterocycles. The Balaban J connectivity index is 2.14. The molecule has 0 amide bonds. The molecule has 1 N–H and O–H groups in total. The molecule has 6 heteroatoms. The first-order valence-electron chi connectivity index (χ1n) is 8.60. The molecule has 2 aliphatic heterocycles. The Kier molecular flexibility index (Phi) is 6.47. The molecule has 124 valence electrons. The van der Waals surface area contributed by atoms with Crippen LogP contribution in [0, 0.1) is 0 Å². The second-order valence-corrected chi connectivity index (χ2v) is 8.08. The third kappa shape index (κ3) is 3.97. The molecule has 2 saturated heterocycles. The molecule has 2 unspecified atom stereocenters. The molecule has 2 aliphatic rings. The predicted molar refractivity (Wildman–Crippen MR) is 86.4 cm³/mol. The van der Waals surface area contributed by atoms with Crippen LogP contribution in [0.2, 0.25) is 0 Å². The molecule has 0 bridgehead atoms. The molecule has 0 aromatic carbocycles. The normalized spacial score (nSPS) is 29.6. The van der Waals surface area contributed by atoms with Gasteiger partial charge < -0.3 is 5.32 Å². The fourth-order valence-electron chi connectivity index (χ4n) is 3.61. The van der Waals surface area contributed by atoms with E-state index in [2.05, 4.69) is 19.2 Å². The van der Waals surface area contributed by atoms with Crippen LogP contribution in [0.4, 0.5) is 0 Å². The predicted octanol–water partition coefficient (Wildman–Crippen LogP) is 1.96. The zero-order chi connectivity index (χ0) is 15.3. The molecule has 2 fully saturated rings. The minimum absolute atomic E-state index is 0.128. The van der Waals surface area contributed by atoms with Crippen molar-refractivity contribution in [3.63, 3.8) is 0 Å². The summed E-state index contributed by atoms with van der Waals surface area (Å²) in [6, 6.07) is 0.327. The van der Waals surface area contributed by atoms with E-state index < -0.39 is 10.2 Å². The van der Waals surface area contributed by atoms with Crippen molar-refractivity contribution in [2.24, 2.45) is 0 Å². The Morgan fingerprint density at radius 3 is 2.10 bits per heavy atom. The van der Waals surface area contributed by atoms with Crippen LogP contribution in [0.25, 0.3) is 0 Å². The zero-order valence-electron chi connectivity index (χ0n) is 13.6. The quantitative estimate of drug-likeness (QED) is 0.815. The highest BCUT2D eigenvalue weighted by molar-refractivity contribution is 7.86. The Morgan fingerprint density at radius 1 is 0.952 bits per heavy atom. The number of hydrogen-bond donors (Lipinski definition) is 1. The van der Waals surface area contributed by atoms with Crippen molar-refractivity contribution in [1.29, 1.82) is 0 Å². The molecule has 21 heavy (non-hydrogen) atoms. The maximum Gasteiger partial charge on any atom is 0.282 e. The fraction of sp³-hybridized carbons (Fsp3) is 1.00. The summed E-state index contributed by atoms with van der Waals surface area (Å²) in [7, 11) is -3.30. The summed E-state index contributed by atoms with van der Waals surface area (Å²) in [5.41, 5.74) is 0. The number of hydrogen-bond acceptors (Lipinski definition) is 3. The first-order valence-corrected chi connectivity index (χ1v) is 10.00. The van der Waals surface area contributed by atoms with Crippen molar-refractivity contribution >= 4 is 10.2 Å². The summed E-state index contributed by atoms with van der Waals surface area (Å²) in [5.74, 6) is 0. The van der Waals surface area contributed by atoms with Crippen LogP contribution in [-0.2, 0) is 10.2 Å². The van der Waals surface area contributed by atoms with Gasteiger partial charge in [-0.3, -0.25) is 0 Å². The van der Waals surface area contributed by atoms with E-state index in [1.807, 2.05) is 0 Å². The molecule has 0 radical (unpaired) electrons. The van der Waals surface area contributed by atoms with Crippen LogP contribution < -0.4 is 5.32 Å². The van der Waals surface area contributed by atoms with Gasteiger partial charge in [-0.05, 0) is 38.6 Å². The second-order valence-electron chi connectivity index (χ2n) is 6.24. The van der Waals surface area contributed by atoms with Crippen LogP contribution in [0.15, 0.2) is 0 Å². The standard InChI is InChI=1S/C15H31N3O2S/c1-3-14-9-5-7-11-17(14)21(19,20)18-12-8-6-10-15(18)13-16-4-2/h14-16H,3-13H2,1-2H3. The number of nitrogens with zero attached hydrogens (tertiary/aromatic N) is 2. The van der Waals surface area contributed by atoms with Crippen LogP contribution in [-0.4, -0.2) is 55.3 Å². The number of rotatable bonds is 6. The lowest BCUT2D eigenvalue weighted by molar-refractivity contribution is 0.191. The molecule has 0 spiro atoms. The summed E-state index contributed by atoms with van der Waals surface area (Å²) in [6.07, 6.45) is 7.21. The van der Waals surface area contributed by atoms with Gasteiger partial charge in [-0.25, -0.2) is 0 Å². The van der Waals surface area contributed by atoms with Gasteiger partial charge in [-0.1, -0.05) is 26.7 Å². The van der Waals surface area contributed by atoms with E-state index in [0.717, 1.165) is 58.0 Å². The second kappa shape index (κ2) is 7.90. The van der Waals surface area contributed by atoms with Gasteiger partial charge in [-0.15, -0.1) is 0 Å². The minimum Gasteiger partial charge on any atom is -0.315 e. The highest BCUT2D eigenvalue weighted by atomic mass is 32.2. The van der Waals surface area contributed by atoms with E-state index in [4.69, 9.17) is 0 Å². The Labute approximate surface area is 130 Å². The first kappa shape index (κ1) is 17.2. The maximum atomic E-state index is 13.1. The van der Waals surface area contributed by atoms with E-state index >= 15 is 0 Å². The average Bonchev–Trinajstić information content (AvgIpc) is 2.53. The van der Waals surface area contributed by atoms with Crippen LogP contribution in [0.5, 0.6) is 0 Å². The van der Waals surface area contributed by atoms with Gasteiger partial charge in [0.2, 0.25) is 0 Å². The molecular formula is C15H31N3O2S. The van der Waals surface area contributed by atoms with Crippen molar-refractivity contribution in [3.8, 4) is 0 Å². The molecule has 0 saturated carbocycles. The molecule has 0 aromatic rings. The van der Waals surface area contributed by atoms with Crippen molar-refractivity contribution in [1.82, 2.24) is 13.9 Å². The highest BCUT2D eigenvalue weighted by Crippen LogP contribution is 2.28. The summed E-state index contributed by atoms with van der Waals surface area (Å²) >= 11 is 0. The van der Waals surface area contributed by atoms with Crippen molar-refractivity contribution in [2.45, 2.75) is 70.9 Å². The lowest BCUT2D eigenvalue weighted by Crippen LogP contribution is -2.56. The van der Waals surface area contributed by atoms with Gasteiger partial charge in [0, 0.05) is 31.7 Å². The zero-order valence-corrected chi connectivity index (χ0v) is 14.4. The lowest BCUT2D eigenvalue weighted by atomic mass is 10.0. The van der Waals surface area contributed by atoms with Gasteiger partial charge in [-0.2, -0.15) is 17.0 Å². The minimum atomic E-state index is -3.30.